The molecular formula is C10H10O5S2. The largest absolute Gasteiger partial charge is 0.311 e. The van der Waals surface area contributed by atoms with Crippen molar-refractivity contribution >= 4 is 20.2 Å². The van der Waals surface area contributed by atoms with E-state index in [-0.39, 0.29) is 11.3 Å². The van der Waals surface area contributed by atoms with Gasteiger partial charge in [0.1, 0.15) is 0 Å². The molecular weight excluding hydrogens is 264 g/mol. The topological polar surface area (TPSA) is 77.5 Å². The first-order valence-electron chi connectivity index (χ1n) is 4.55. The second-order valence-electron chi connectivity index (χ2n) is 3.05. The fourth-order valence-electron chi connectivity index (χ4n) is 0.981. The van der Waals surface area contributed by atoms with Crippen LogP contribution in [0.4, 0.5) is 0 Å². The van der Waals surface area contributed by atoms with Crippen LogP contribution in [-0.2, 0) is 23.9 Å². The smallest absolute Gasteiger partial charge is 0.198 e. The lowest BCUT2D eigenvalue weighted by molar-refractivity contribution is 0.462. The van der Waals surface area contributed by atoms with Crippen molar-refractivity contribution in [3.8, 4) is 12.3 Å². The maximum Gasteiger partial charge on any atom is 0.311 e. The van der Waals surface area contributed by atoms with Crippen LogP contribution in [0.15, 0.2) is 35.2 Å². The highest BCUT2D eigenvalue weighted by Gasteiger charge is 2.23. The average Bonchev–Trinajstić information content (AvgIpc) is 2.26. The number of hydrogen-bond donors (Lipinski definition) is 0. The van der Waals surface area contributed by atoms with E-state index in [0.717, 1.165) is 0 Å². The van der Waals surface area contributed by atoms with Crippen LogP contribution >= 0.6 is 0 Å². The highest BCUT2D eigenvalue weighted by Crippen LogP contribution is 2.14. The Morgan fingerprint density at radius 2 is 1.71 bits per heavy atom. The molecule has 1 aromatic carbocycles. The van der Waals surface area contributed by atoms with Crippen LogP contribution in [0.3, 0.4) is 0 Å². The molecule has 0 amide bonds. The minimum atomic E-state index is -4.30. The lowest BCUT2D eigenvalue weighted by Gasteiger charge is -2.04. The summed E-state index contributed by atoms with van der Waals surface area (Å²) >= 11 is 0. The van der Waals surface area contributed by atoms with Gasteiger partial charge < -0.3 is 0 Å². The second kappa shape index (κ2) is 5.31. The summed E-state index contributed by atoms with van der Waals surface area (Å²) in [6.45, 7) is 0. The predicted molar refractivity (Wildman–Crippen MR) is 61.9 cm³/mol. The quantitative estimate of drug-likeness (QED) is 0.740. The Hall–Kier alpha value is -1.36. The molecule has 0 saturated heterocycles. The van der Waals surface area contributed by atoms with Crippen LogP contribution in [0.1, 0.15) is 6.42 Å². The third-order valence-electron chi connectivity index (χ3n) is 1.72. The van der Waals surface area contributed by atoms with Crippen molar-refractivity contribution in [3.63, 3.8) is 0 Å². The number of terminal acetylenes is 1. The van der Waals surface area contributed by atoms with Crippen LogP contribution in [0.25, 0.3) is 0 Å². The highest BCUT2D eigenvalue weighted by atomic mass is 32.3. The van der Waals surface area contributed by atoms with Gasteiger partial charge in [0.05, 0.1) is 10.6 Å². The first-order valence-corrected chi connectivity index (χ1v) is 7.53. The van der Waals surface area contributed by atoms with E-state index in [1.807, 2.05) is 0 Å². The Balaban J connectivity index is 2.93. The molecule has 0 bridgehead atoms. The van der Waals surface area contributed by atoms with Crippen molar-refractivity contribution in [2.24, 2.45) is 0 Å². The van der Waals surface area contributed by atoms with Gasteiger partial charge in [0.2, 0.25) is 0 Å². The molecule has 17 heavy (non-hydrogen) atoms. The summed E-state index contributed by atoms with van der Waals surface area (Å²) in [5, 5.41) is 0. The van der Waals surface area contributed by atoms with E-state index < -0.39 is 26.0 Å². The zero-order valence-electron chi connectivity index (χ0n) is 8.74. The Bertz CT molecular complexity index is 608. The van der Waals surface area contributed by atoms with E-state index in [1.54, 1.807) is 6.07 Å². The monoisotopic (exact) mass is 274 g/mol. The molecule has 0 N–H and O–H groups in total. The fraction of sp³-hybridized carbons (Fsp3) is 0.200. The van der Waals surface area contributed by atoms with Crippen molar-refractivity contribution in [1.82, 2.24) is 0 Å². The Kier molecular flexibility index (Phi) is 4.28. The van der Waals surface area contributed by atoms with E-state index in [9.17, 15) is 16.8 Å². The van der Waals surface area contributed by atoms with Crippen LogP contribution in [0, 0.1) is 12.3 Å². The van der Waals surface area contributed by atoms with Gasteiger partial charge in [0, 0.05) is 6.42 Å². The van der Waals surface area contributed by atoms with Crippen molar-refractivity contribution in [2.45, 2.75) is 11.3 Å². The van der Waals surface area contributed by atoms with E-state index in [4.69, 9.17) is 6.42 Å². The summed E-state index contributed by atoms with van der Waals surface area (Å²) in [6.07, 6.45) is 4.79. The molecule has 0 spiro atoms. The maximum atomic E-state index is 11.6. The molecule has 0 heterocycles. The van der Waals surface area contributed by atoms with Gasteiger partial charge in [-0.2, -0.15) is 16.8 Å². The minimum Gasteiger partial charge on any atom is -0.198 e. The van der Waals surface area contributed by atoms with Gasteiger partial charge in [-0.1, -0.05) is 18.2 Å². The van der Waals surface area contributed by atoms with E-state index in [1.165, 1.54) is 24.3 Å². The second-order valence-corrected chi connectivity index (χ2v) is 6.50. The Morgan fingerprint density at radius 1 is 1.12 bits per heavy atom. The maximum absolute atomic E-state index is 11.6. The molecule has 0 radical (unpaired) electrons. The molecule has 0 aliphatic carbocycles. The van der Waals surface area contributed by atoms with Crippen LogP contribution in [0.2, 0.25) is 0 Å². The molecule has 0 unspecified atom stereocenters. The molecule has 0 atom stereocenters. The minimum absolute atomic E-state index is 0.105. The summed E-state index contributed by atoms with van der Waals surface area (Å²) in [7, 11) is -8.48. The third-order valence-corrected chi connectivity index (χ3v) is 4.82. The molecule has 92 valence electrons. The van der Waals surface area contributed by atoms with Crippen molar-refractivity contribution in [3.05, 3.63) is 30.3 Å². The predicted octanol–water partition coefficient (Wildman–Crippen LogP) is 0.745. The zero-order chi connectivity index (χ0) is 12.9. The molecule has 1 rings (SSSR count). The van der Waals surface area contributed by atoms with E-state index in [0.29, 0.717) is 0 Å². The first kappa shape index (κ1) is 13.7. The summed E-state index contributed by atoms with van der Waals surface area (Å²) in [4.78, 5) is -0.218. The molecule has 0 aliphatic heterocycles. The van der Waals surface area contributed by atoms with Gasteiger partial charge in [-0.15, -0.1) is 16.0 Å². The number of benzene rings is 1. The SMILES string of the molecule is C#CCCS(=O)(=O)OS(=O)(=O)c1ccccc1. The lowest BCUT2D eigenvalue weighted by atomic mass is 10.4. The molecule has 0 aromatic heterocycles. The summed E-state index contributed by atoms with van der Waals surface area (Å²) in [5.41, 5.74) is 0. The number of hydrogen-bond acceptors (Lipinski definition) is 5. The molecule has 5 nitrogen and oxygen atoms in total. The standard InChI is InChI=1S/C10H10O5S2/c1-2-3-9-16(11,12)15-17(13,14)10-7-5-4-6-8-10/h1,4-8H,3,9H2. The van der Waals surface area contributed by atoms with Crippen LogP contribution in [0.5, 0.6) is 0 Å². The first-order chi connectivity index (χ1) is 7.87. The van der Waals surface area contributed by atoms with Crippen molar-refractivity contribution < 1.29 is 20.5 Å². The molecule has 0 saturated carbocycles. The van der Waals surface area contributed by atoms with Gasteiger partial charge in [0.25, 0.3) is 10.1 Å². The lowest BCUT2D eigenvalue weighted by Crippen LogP contribution is -2.16. The molecule has 0 aliphatic rings. The van der Waals surface area contributed by atoms with Crippen LogP contribution in [-0.4, -0.2) is 22.6 Å². The van der Waals surface area contributed by atoms with Gasteiger partial charge in [0.15, 0.2) is 0 Å². The van der Waals surface area contributed by atoms with E-state index >= 15 is 0 Å². The molecule has 1 aromatic rings. The molecule has 7 heteroatoms. The average molecular weight is 274 g/mol. The zero-order valence-corrected chi connectivity index (χ0v) is 10.4. The van der Waals surface area contributed by atoms with E-state index in [2.05, 4.69) is 9.55 Å². The van der Waals surface area contributed by atoms with Gasteiger partial charge in [-0.3, -0.25) is 0 Å². The Labute approximate surface area is 101 Å². The van der Waals surface area contributed by atoms with Gasteiger partial charge in [-0.25, -0.2) is 0 Å². The third kappa shape index (κ3) is 4.19. The Morgan fingerprint density at radius 3 is 2.24 bits per heavy atom. The fourth-order valence-corrected chi connectivity index (χ4v) is 3.52. The summed E-state index contributed by atoms with van der Waals surface area (Å²) in [6, 6.07) is 7.01. The van der Waals surface area contributed by atoms with Crippen molar-refractivity contribution in [2.75, 3.05) is 5.75 Å². The summed E-state index contributed by atoms with van der Waals surface area (Å²) < 4.78 is 49.8. The van der Waals surface area contributed by atoms with Gasteiger partial charge >= 0.3 is 10.1 Å². The van der Waals surface area contributed by atoms with Crippen molar-refractivity contribution in [1.29, 1.82) is 0 Å². The summed E-state index contributed by atoms with van der Waals surface area (Å²) in [5.74, 6) is 1.56. The highest BCUT2D eigenvalue weighted by molar-refractivity contribution is 7.99. The number of rotatable bonds is 5. The molecule has 0 fully saturated rings. The van der Waals surface area contributed by atoms with Crippen LogP contribution < -0.4 is 0 Å². The normalized spacial score (nSPS) is 11.9. The van der Waals surface area contributed by atoms with Gasteiger partial charge in [-0.05, 0) is 12.1 Å².